The van der Waals surface area contributed by atoms with Crippen molar-refractivity contribution in [3.8, 4) is 78.0 Å². The number of allylic oxidation sites excluding steroid dienone is 3. The molecule has 2 heteroatoms. The van der Waals surface area contributed by atoms with Gasteiger partial charge in [-0.2, -0.15) is 0 Å². The normalized spacial score (nSPS) is 12.2. The maximum absolute atomic E-state index is 6.38. The third-order valence-electron chi connectivity index (χ3n) is 12.1. The summed E-state index contributed by atoms with van der Waals surface area (Å²) in [6.07, 6.45) is 5.79. The van der Waals surface area contributed by atoms with Gasteiger partial charge in [-0.1, -0.05) is 188 Å². The van der Waals surface area contributed by atoms with Crippen LogP contribution < -0.4 is 5.73 Å². The number of aromatic nitrogens is 1. The minimum absolute atomic E-state index is 0.640. The summed E-state index contributed by atoms with van der Waals surface area (Å²) in [5, 5.41) is 7.54. The van der Waals surface area contributed by atoms with Gasteiger partial charge >= 0.3 is 0 Å². The van der Waals surface area contributed by atoms with Crippen molar-refractivity contribution in [3.05, 3.63) is 218 Å². The maximum atomic E-state index is 6.38. The smallest absolute Gasteiger partial charge is 0.0866 e. The molecule has 0 unspecified atom stereocenters. The molecule has 9 aromatic carbocycles. The van der Waals surface area contributed by atoms with Crippen LogP contribution in [0.25, 0.3) is 116 Å². The lowest BCUT2D eigenvalue weighted by Crippen LogP contribution is -1.99. The molecule has 0 fully saturated rings. The molecule has 0 saturated heterocycles. The first kappa shape index (κ1) is 35.4. The van der Waals surface area contributed by atoms with Gasteiger partial charge in [0.15, 0.2) is 0 Å². The Morgan fingerprint density at radius 2 is 0.883 bits per heavy atom. The molecule has 0 atom stereocenters. The molecule has 1 heterocycles. The summed E-state index contributed by atoms with van der Waals surface area (Å²) in [6, 6.07) is 70.7. The van der Waals surface area contributed by atoms with E-state index < -0.39 is 0 Å². The molecule has 10 aromatic rings. The Morgan fingerprint density at radius 1 is 0.400 bits per heavy atom. The van der Waals surface area contributed by atoms with Gasteiger partial charge in [0.25, 0.3) is 0 Å². The number of benzene rings is 9. The van der Waals surface area contributed by atoms with Crippen molar-refractivity contribution < 1.29 is 0 Å². The first-order valence-electron chi connectivity index (χ1n) is 20.6. The first-order valence-corrected chi connectivity index (χ1v) is 20.6. The fourth-order valence-corrected chi connectivity index (χ4v) is 9.52. The fraction of sp³-hybridized carbons (Fsp3) is 0.0172. The number of rotatable bonds is 7. The molecule has 2 N–H and O–H groups in total. The van der Waals surface area contributed by atoms with E-state index in [2.05, 4.69) is 182 Å². The Hall–Kier alpha value is -7.81. The molecule has 1 aromatic heterocycles. The van der Waals surface area contributed by atoms with Crippen molar-refractivity contribution in [3.63, 3.8) is 0 Å². The molecular formula is C58H40N2. The van der Waals surface area contributed by atoms with E-state index in [9.17, 15) is 0 Å². The van der Waals surface area contributed by atoms with E-state index in [-0.39, 0.29) is 0 Å². The van der Waals surface area contributed by atoms with Crippen LogP contribution in [0.15, 0.2) is 212 Å². The van der Waals surface area contributed by atoms with Gasteiger partial charge in [0.1, 0.15) is 0 Å². The van der Waals surface area contributed by atoms with Crippen molar-refractivity contribution in [2.75, 3.05) is 0 Å². The highest BCUT2D eigenvalue weighted by Gasteiger charge is 2.31. The average Bonchev–Trinajstić information content (AvgIpc) is 3.65. The predicted octanol–water partition coefficient (Wildman–Crippen LogP) is 15.4. The van der Waals surface area contributed by atoms with Crippen molar-refractivity contribution in [2.24, 2.45) is 5.73 Å². The van der Waals surface area contributed by atoms with E-state index >= 15 is 0 Å². The van der Waals surface area contributed by atoms with Gasteiger partial charge in [0, 0.05) is 5.56 Å². The van der Waals surface area contributed by atoms with Crippen LogP contribution in [0.3, 0.4) is 0 Å². The lowest BCUT2D eigenvalue weighted by atomic mass is 9.82. The summed E-state index contributed by atoms with van der Waals surface area (Å²) in [7, 11) is 0. The van der Waals surface area contributed by atoms with Gasteiger partial charge in [-0.25, -0.2) is 4.98 Å². The van der Waals surface area contributed by atoms with Crippen molar-refractivity contribution >= 4 is 38.0 Å². The van der Waals surface area contributed by atoms with E-state index in [1.165, 1.54) is 93.5 Å². The molecule has 60 heavy (non-hydrogen) atoms. The van der Waals surface area contributed by atoms with Gasteiger partial charge in [0.05, 0.1) is 17.1 Å². The largest absolute Gasteiger partial charge is 0.397 e. The second-order valence-corrected chi connectivity index (χ2v) is 15.5. The number of hydrogen-bond donors (Lipinski definition) is 1. The third-order valence-corrected chi connectivity index (χ3v) is 12.1. The quantitative estimate of drug-likeness (QED) is 0.164. The lowest BCUT2D eigenvalue weighted by Gasteiger charge is -2.20. The summed E-state index contributed by atoms with van der Waals surface area (Å²) in [5.41, 5.74) is 24.7. The van der Waals surface area contributed by atoms with Gasteiger partial charge in [-0.3, -0.25) is 0 Å². The monoisotopic (exact) mass is 764 g/mol. The molecule has 0 saturated carbocycles. The molecule has 11 rings (SSSR count). The van der Waals surface area contributed by atoms with Crippen molar-refractivity contribution in [1.29, 1.82) is 0 Å². The van der Waals surface area contributed by atoms with Crippen LogP contribution >= 0.6 is 0 Å². The summed E-state index contributed by atoms with van der Waals surface area (Å²) in [5.74, 6) is 0. The van der Waals surface area contributed by atoms with Gasteiger partial charge < -0.3 is 5.73 Å². The summed E-state index contributed by atoms with van der Waals surface area (Å²) < 4.78 is 0. The zero-order valence-corrected chi connectivity index (χ0v) is 33.2. The second-order valence-electron chi connectivity index (χ2n) is 15.5. The van der Waals surface area contributed by atoms with Gasteiger partial charge in [0.2, 0.25) is 0 Å². The minimum atomic E-state index is 0.640. The van der Waals surface area contributed by atoms with Crippen LogP contribution in [0.5, 0.6) is 0 Å². The van der Waals surface area contributed by atoms with Gasteiger partial charge in [-0.15, -0.1) is 0 Å². The lowest BCUT2D eigenvalue weighted by molar-refractivity contribution is 1.26. The summed E-state index contributed by atoms with van der Waals surface area (Å²) in [4.78, 5) is 4.94. The molecule has 2 nitrogen and oxygen atoms in total. The summed E-state index contributed by atoms with van der Waals surface area (Å²) in [6.45, 7) is 1.98. The van der Waals surface area contributed by atoms with Crippen LogP contribution in [-0.2, 0) is 0 Å². The van der Waals surface area contributed by atoms with Crippen LogP contribution in [0.2, 0.25) is 0 Å². The fourth-order valence-electron chi connectivity index (χ4n) is 9.52. The van der Waals surface area contributed by atoms with Crippen LogP contribution in [0.4, 0.5) is 0 Å². The average molecular weight is 765 g/mol. The van der Waals surface area contributed by atoms with Crippen LogP contribution in [0.1, 0.15) is 12.6 Å². The SMILES string of the molecule is C/C=C\C=C(/N)c1cccc(-c2cccc(-c3ccc(-c4ccc5c6c(cccc46)-c4c-5c(-c5ccccc5)c5ccccc5c4-c4ccccc4)c4ccccc34)c2)n1. The molecule has 0 amide bonds. The zero-order valence-electron chi connectivity index (χ0n) is 33.2. The van der Waals surface area contributed by atoms with E-state index in [1.54, 1.807) is 0 Å². The van der Waals surface area contributed by atoms with Gasteiger partial charge in [-0.05, 0) is 130 Å². The Morgan fingerprint density at radius 3 is 1.55 bits per heavy atom. The Bertz CT molecular complexity index is 3280. The molecular weight excluding hydrogens is 725 g/mol. The topological polar surface area (TPSA) is 38.9 Å². The number of pyridine rings is 1. The number of nitrogens with two attached hydrogens (primary N) is 1. The zero-order chi connectivity index (χ0) is 40.2. The Labute approximate surface area is 350 Å². The van der Waals surface area contributed by atoms with E-state index in [0.29, 0.717) is 5.70 Å². The molecule has 0 bridgehead atoms. The predicted molar refractivity (Wildman–Crippen MR) is 255 cm³/mol. The number of fused-ring (bicyclic) bond motifs is 5. The maximum Gasteiger partial charge on any atom is 0.0866 e. The minimum Gasteiger partial charge on any atom is -0.397 e. The highest BCUT2D eigenvalue weighted by Crippen LogP contribution is 2.58. The van der Waals surface area contributed by atoms with E-state index in [0.717, 1.165) is 22.5 Å². The first-order chi connectivity index (χ1) is 29.7. The van der Waals surface area contributed by atoms with Crippen LogP contribution in [0, 0.1) is 0 Å². The molecule has 1 aliphatic carbocycles. The highest BCUT2D eigenvalue weighted by molar-refractivity contribution is 6.29. The molecule has 0 spiro atoms. The summed E-state index contributed by atoms with van der Waals surface area (Å²) >= 11 is 0. The molecule has 1 aliphatic rings. The standard InChI is InChI=1S/C58H40N2/c1-2-3-29-51(59)53-31-16-30-52(60-53)40-22-14-21-39(36-40)41-32-33-44(43-24-11-10-23-42(41)43)45-34-35-50-56-46(45)27-15-28-49(56)57-54(37-17-6-4-7-18-37)47-25-12-13-26-48(47)55(58(50)57)38-19-8-5-9-20-38/h2-36H,59H2,1H3/b3-2-,51-29-. The highest BCUT2D eigenvalue weighted by atomic mass is 14.8. The van der Waals surface area contributed by atoms with E-state index in [4.69, 9.17) is 10.7 Å². The molecule has 0 aliphatic heterocycles. The molecule has 282 valence electrons. The van der Waals surface area contributed by atoms with Crippen LogP contribution in [-0.4, -0.2) is 4.98 Å². The Balaban J connectivity index is 1.10. The number of nitrogens with zero attached hydrogens (tertiary/aromatic N) is 1. The Kier molecular flexibility index (Phi) is 8.57. The third kappa shape index (κ3) is 5.68. The van der Waals surface area contributed by atoms with E-state index in [1.807, 2.05) is 37.3 Å². The second kappa shape index (κ2) is 14.5. The van der Waals surface area contributed by atoms with Crippen molar-refractivity contribution in [2.45, 2.75) is 6.92 Å². The molecule has 0 radical (unpaired) electrons. The number of hydrogen-bond acceptors (Lipinski definition) is 2. The van der Waals surface area contributed by atoms with Crippen molar-refractivity contribution in [1.82, 2.24) is 4.98 Å².